The van der Waals surface area contributed by atoms with Gasteiger partial charge in [-0.3, -0.25) is 14.4 Å². The van der Waals surface area contributed by atoms with E-state index in [2.05, 4.69) is 27.7 Å². The van der Waals surface area contributed by atoms with Crippen LogP contribution in [0.1, 0.15) is 297 Å². The molecule has 2 atom stereocenters. The van der Waals surface area contributed by atoms with Crippen LogP contribution in [-0.4, -0.2) is 37.2 Å². The topological polar surface area (TPSA) is 78.9 Å². The molecular weight excluding hydrogens is 733 g/mol. The smallest absolute Gasteiger partial charge is 0.306 e. The molecule has 0 radical (unpaired) electrons. The van der Waals surface area contributed by atoms with E-state index in [4.69, 9.17) is 14.2 Å². The molecule has 0 fully saturated rings. The van der Waals surface area contributed by atoms with Crippen LogP contribution in [0.2, 0.25) is 0 Å². The fraction of sp³-hybridized carbons (Fsp3) is 0.943. The van der Waals surface area contributed by atoms with E-state index in [0.717, 1.165) is 63.7 Å². The van der Waals surface area contributed by atoms with Gasteiger partial charge in [-0.15, -0.1) is 0 Å². The Labute approximate surface area is 368 Å². The van der Waals surface area contributed by atoms with Crippen LogP contribution < -0.4 is 0 Å². The number of hydrogen-bond acceptors (Lipinski definition) is 6. The highest BCUT2D eigenvalue weighted by molar-refractivity contribution is 5.71. The number of hydrogen-bond donors (Lipinski definition) is 0. The second-order valence-electron chi connectivity index (χ2n) is 18.4. The number of ether oxygens (including phenoxy) is 3. The average Bonchev–Trinajstić information content (AvgIpc) is 3.23. The molecule has 0 aromatic heterocycles. The maximum absolute atomic E-state index is 12.8. The van der Waals surface area contributed by atoms with E-state index in [1.807, 2.05) is 0 Å². The predicted molar refractivity (Wildman–Crippen MR) is 252 cm³/mol. The number of esters is 3. The molecular formula is C53H102O6. The lowest BCUT2D eigenvalue weighted by molar-refractivity contribution is -0.167. The molecule has 0 amide bonds. The predicted octanol–water partition coefficient (Wildman–Crippen LogP) is 17.1. The van der Waals surface area contributed by atoms with Gasteiger partial charge in [0.25, 0.3) is 0 Å². The van der Waals surface area contributed by atoms with Gasteiger partial charge in [-0.05, 0) is 25.2 Å². The summed E-state index contributed by atoms with van der Waals surface area (Å²) in [6.45, 7) is 9.06. The van der Waals surface area contributed by atoms with E-state index in [1.54, 1.807) is 0 Å². The number of carbonyl (C=O) groups is 3. The molecule has 0 heterocycles. The third-order valence-corrected chi connectivity index (χ3v) is 12.4. The summed E-state index contributed by atoms with van der Waals surface area (Å²) in [5.74, 6) is 0.0510. The summed E-state index contributed by atoms with van der Waals surface area (Å²) in [5.41, 5.74) is 0. The van der Waals surface area contributed by atoms with Gasteiger partial charge in [-0.2, -0.15) is 0 Å². The van der Waals surface area contributed by atoms with Gasteiger partial charge in [0.05, 0.1) is 0 Å². The summed E-state index contributed by atoms with van der Waals surface area (Å²) in [6.07, 6.45) is 49.3. The Morgan fingerprint density at radius 1 is 0.339 bits per heavy atom. The van der Waals surface area contributed by atoms with Crippen LogP contribution >= 0.6 is 0 Å². The fourth-order valence-corrected chi connectivity index (χ4v) is 8.01. The van der Waals surface area contributed by atoms with Crippen LogP contribution in [-0.2, 0) is 28.6 Å². The molecule has 0 spiro atoms. The minimum absolute atomic E-state index is 0.0626. The van der Waals surface area contributed by atoms with Crippen LogP contribution in [0.4, 0.5) is 0 Å². The van der Waals surface area contributed by atoms with Gasteiger partial charge in [0, 0.05) is 19.3 Å². The van der Waals surface area contributed by atoms with Crippen molar-refractivity contribution in [3.05, 3.63) is 0 Å². The van der Waals surface area contributed by atoms with Crippen molar-refractivity contribution in [3.63, 3.8) is 0 Å². The highest BCUT2D eigenvalue weighted by Gasteiger charge is 2.19. The molecule has 6 heteroatoms. The van der Waals surface area contributed by atoms with Gasteiger partial charge in [0.15, 0.2) is 6.10 Å². The number of unbranched alkanes of at least 4 members (excludes halogenated alkanes) is 34. The Morgan fingerprint density at radius 3 is 0.881 bits per heavy atom. The van der Waals surface area contributed by atoms with Crippen molar-refractivity contribution in [2.45, 2.75) is 303 Å². The van der Waals surface area contributed by atoms with E-state index in [0.29, 0.717) is 19.3 Å². The molecule has 59 heavy (non-hydrogen) atoms. The van der Waals surface area contributed by atoms with Gasteiger partial charge in [-0.1, -0.05) is 259 Å². The van der Waals surface area contributed by atoms with E-state index in [1.165, 1.54) is 193 Å². The quantitative estimate of drug-likeness (QED) is 0.0345. The Balaban J connectivity index is 4.28. The highest BCUT2D eigenvalue weighted by Crippen LogP contribution is 2.18. The molecule has 0 saturated heterocycles. The molecule has 1 unspecified atom stereocenters. The van der Waals surface area contributed by atoms with Crippen molar-refractivity contribution in [1.82, 2.24) is 0 Å². The van der Waals surface area contributed by atoms with Crippen molar-refractivity contribution < 1.29 is 28.6 Å². The van der Waals surface area contributed by atoms with Crippen molar-refractivity contribution in [1.29, 1.82) is 0 Å². The Morgan fingerprint density at radius 2 is 0.593 bits per heavy atom. The highest BCUT2D eigenvalue weighted by atomic mass is 16.6. The zero-order valence-corrected chi connectivity index (χ0v) is 40.2. The lowest BCUT2D eigenvalue weighted by Gasteiger charge is -2.18. The van der Waals surface area contributed by atoms with Crippen LogP contribution in [0.15, 0.2) is 0 Å². The van der Waals surface area contributed by atoms with E-state index in [-0.39, 0.29) is 31.1 Å². The van der Waals surface area contributed by atoms with Crippen molar-refractivity contribution in [3.8, 4) is 0 Å². The van der Waals surface area contributed by atoms with Crippen molar-refractivity contribution in [2.75, 3.05) is 13.2 Å². The Hall–Kier alpha value is -1.59. The molecule has 0 aromatic rings. The first-order chi connectivity index (χ1) is 28.9. The molecule has 0 aliphatic rings. The van der Waals surface area contributed by atoms with Crippen molar-refractivity contribution >= 4 is 17.9 Å². The third kappa shape index (κ3) is 45.8. The van der Waals surface area contributed by atoms with Crippen LogP contribution in [0.3, 0.4) is 0 Å². The number of rotatable bonds is 48. The molecule has 0 rings (SSSR count). The SMILES string of the molecule is CCCCCCCCCCCCCCC(=O)OC[C@H](COC(=O)CCCCCCCCCCCCC)OC(=O)CCCCCCCCCCCCCCCCC(C)CC. The average molecular weight is 835 g/mol. The lowest BCUT2D eigenvalue weighted by Crippen LogP contribution is -2.30. The Kier molecular flexibility index (Phi) is 46.2. The van der Waals surface area contributed by atoms with Gasteiger partial charge < -0.3 is 14.2 Å². The standard InChI is InChI=1S/C53H102O6/c1-5-8-10-12-14-16-18-25-29-33-37-41-45-52(55)58-48-50(47-57-51(54)44-40-36-32-28-23-17-15-13-11-9-6-2)59-53(56)46-42-38-34-30-26-22-20-19-21-24-27-31-35-39-43-49(4)7-3/h49-50H,5-48H2,1-4H3/t49?,50-/m0/s1. The summed E-state index contributed by atoms with van der Waals surface area (Å²) in [5, 5.41) is 0. The lowest BCUT2D eigenvalue weighted by atomic mass is 9.99. The minimum atomic E-state index is -0.760. The summed E-state index contributed by atoms with van der Waals surface area (Å²) in [4.78, 5) is 37.9. The van der Waals surface area contributed by atoms with E-state index < -0.39 is 6.10 Å². The van der Waals surface area contributed by atoms with Crippen LogP contribution in [0.25, 0.3) is 0 Å². The van der Waals surface area contributed by atoms with E-state index in [9.17, 15) is 14.4 Å². The first-order valence-electron chi connectivity index (χ1n) is 26.4. The first kappa shape index (κ1) is 57.4. The van der Waals surface area contributed by atoms with Gasteiger partial charge >= 0.3 is 17.9 Å². The second kappa shape index (κ2) is 47.5. The molecule has 0 saturated carbocycles. The zero-order valence-electron chi connectivity index (χ0n) is 40.2. The van der Waals surface area contributed by atoms with Crippen LogP contribution in [0.5, 0.6) is 0 Å². The summed E-state index contributed by atoms with van der Waals surface area (Å²) in [7, 11) is 0. The largest absolute Gasteiger partial charge is 0.462 e. The summed E-state index contributed by atoms with van der Waals surface area (Å²) < 4.78 is 16.8. The molecule has 350 valence electrons. The third-order valence-electron chi connectivity index (χ3n) is 12.4. The molecule has 0 N–H and O–H groups in total. The van der Waals surface area contributed by atoms with Crippen molar-refractivity contribution in [2.24, 2.45) is 5.92 Å². The second-order valence-corrected chi connectivity index (χ2v) is 18.4. The number of carbonyl (C=O) groups excluding carboxylic acids is 3. The zero-order chi connectivity index (χ0) is 43.1. The summed E-state index contributed by atoms with van der Waals surface area (Å²) in [6, 6.07) is 0. The molecule has 0 aliphatic carbocycles. The minimum Gasteiger partial charge on any atom is -0.462 e. The maximum Gasteiger partial charge on any atom is 0.306 e. The van der Waals surface area contributed by atoms with Crippen LogP contribution in [0, 0.1) is 5.92 Å². The molecule has 0 aromatic carbocycles. The first-order valence-corrected chi connectivity index (χ1v) is 26.4. The Bertz CT molecular complexity index is 889. The van der Waals surface area contributed by atoms with Gasteiger partial charge in [0.1, 0.15) is 13.2 Å². The van der Waals surface area contributed by atoms with Gasteiger partial charge in [0.2, 0.25) is 0 Å². The molecule has 0 bridgehead atoms. The fourth-order valence-electron chi connectivity index (χ4n) is 8.01. The van der Waals surface area contributed by atoms with E-state index >= 15 is 0 Å². The molecule has 0 aliphatic heterocycles. The summed E-state index contributed by atoms with van der Waals surface area (Å²) >= 11 is 0. The normalized spacial score (nSPS) is 12.4. The maximum atomic E-state index is 12.8. The molecule has 6 nitrogen and oxygen atoms in total. The van der Waals surface area contributed by atoms with Gasteiger partial charge in [-0.25, -0.2) is 0 Å². The monoisotopic (exact) mass is 835 g/mol.